The van der Waals surface area contributed by atoms with Crippen LogP contribution in [0.25, 0.3) is 11.3 Å². The molecule has 0 saturated carbocycles. The Bertz CT molecular complexity index is 1010. The Balaban J connectivity index is 2.06. The van der Waals surface area contributed by atoms with E-state index in [4.69, 9.17) is 0 Å². The quantitative estimate of drug-likeness (QED) is 0.440. The van der Waals surface area contributed by atoms with Gasteiger partial charge >= 0.3 is 6.18 Å². The monoisotopic (exact) mass is 377 g/mol. The average molecular weight is 377 g/mol. The predicted octanol–water partition coefficient (Wildman–Crippen LogP) is 5.59. The molecule has 0 aliphatic heterocycles. The number of benzene rings is 2. The van der Waals surface area contributed by atoms with Crippen LogP contribution in [-0.4, -0.2) is 10.8 Å². The summed E-state index contributed by atoms with van der Waals surface area (Å²) in [6.07, 6.45) is -3.13. The van der Waals surface area contributed by atoms with E-state index in [9.17, 15) is 26.7 Å². The molecule has 2 aromatic carbocycles. The smallest absolute Gasteiger partial charge is 0.288 e. The van der Waals surface area contributed by atoms with Crippen LogP contribution in [0.3, 0.4) is 0 Å². The summed E-state index contributed by atoms with van der Waals surface area (Å²) in [5, 5.41) is 0. The zero-order valence-corrected chi connectivity index (χ0v) is 13.9. The number of pyridine rings is 1. The third-order valence-corrected chi connectivity index (χ3v) is 3.98. The standard InChI is InChI=1S/C20H12F5NO/c1-11-8-9-26-16(10-11)14-6-7-15(21)17(18(14)22)19(27)12-2-4-13(5-3-12)20(23,24)25/h2-10H,1H3. The molecule has 2 nitrogen and oxygen atoms in total. The van der Waals surface area contributed by atoms with E-state index in [-0.39, 0.29) is 16.8 Å². The van der Waals surface area contributed by atoms with Gasteiger partial charge in [0.2, 0.25) is 0 Å². The predicted molar refractivity (Wildman–Crippen MR) is 89.2 cm³/mol. The summed E-state index contributed by atoms with van der Waals surface area (Å²) in [5.74, 6) is -3.26. The zero-order chi connectivity index (χ0) is 19.8. The Kier molecular flexibility index (Phi) is 4.78. The van der Waals surface area contributed by atoms with Crippen molar-refractivity contribution in [3.05, 3.63) is 88.6 Å². The van der Waals surface area contributed by atoms with Crippen LogP contribution < -0.4 is 0 Å². The molecule has 0 spiro atoms. The number of halogens is 5. The van der Waals surface area contributed by atoms with E-state index < -0.39 is 34.7 Å². The number of aryl methyl sites for hydroxylation is 1. The summed E-state index contributed by atoms with van der Waals surface area (Å²) < 4.78 is 66.9. The highest BCUT2D eigenvalue weighted by Crippen LogP contribution is 2.31. The molecule has 0 N–H and O–H groups in total. The molecule has 138 valence electrons. The molecule has 1 aromatic heterocycles. The van der Waals surface area contributed by atoms with Gasteiger partial charge in [-0.05, 0) is 48.9 Å². The van der Waals surface area contributed by atoms with Gasteiger partial charge in [0.15, 0.2) is 5.78 Å². The molecule has 0 aliphatic rings. The average Bonchev–Trinajstić information content (AvgIpc) is 2.61. The molecule has 0 aliphatic carbocycles. The molecule has 3 rings (SSSR count). The molecular formula is C20H12F5NO. The van der Waals surface area contributed by atoms with Crippen molar-refractivity contribution in [3.8, 4) is 11.3 Å². The number of carbonyl (C=O) groups is 1. The van der Waals surface area contributed by atoms with Gasteiger partial charge in [-0.2, -0.15) is 13.2 Å². The van der Waals surface area contributed by atoms with E-state index in [0.717, 1.165) is 29.8 Å². The van der Waals surface area contributed by atoms with Crippen LogP contribution >= 0.6 is 0 Å². The highest BCUT2D eigenvalue weighted by molar-refractivity contribution is 6.10. The van der Waals surface area contributed by atoms with E-state index >= 15 is 0 Å². The molecular weight excluding hydrogens is 365 g/mol. The van der Waals surface area contributed by atoms with Crippen molar-refractivity contribution in [1.82, 2.24) is 4.98 Å². The number of rotatable bonds is 3. The summed E-state index contributed by atoms with van der Waals surface area (Å²) in [6, 6.07) is 8.52. The van der Waals surface area contributed by atoms with Gasteiger partial charge in [-0.3, -0.25) is 9.78 Å². The first kappa shape index (κ1) is 18.7. The fraction of sp³-hybridized carbons (Fsp3) is 0.100. The van der Waals surface area contributed by atoms with Crippen LogP contribution in [0.4, 0.5) is 22.0 Å². The maximum Gasteiger partial charge on any atom is 0.416 e. The lowest BCUT2D eigenvalue weighted by Crippen LogP contribution is -2.10. The first-order valence-corrected chi connectivity index (χ1v) is 7.81. The third-order valence-electron chi connectivity index (χ3n) is 3.98. The molecule has 0 bridgehead atoms. The van der Waals surface area contributed by atoms with Crippen molar-refractivity contribution in [2.75, 3.05) is 0 Å². The van der Waals surface area contributed by atoms with E-state index in [1.165, 1.54) is 6.20 Å². The Morgan fingerprint density at radius 1 is 0.963 bits per heavy atom. The normalized spacial score (nSPS) is 11.5. The maximum absolute atomic E-state index is 14.9. The number of carbonyl (C=O) groups excluding carboxylic acids is 1. The fourth-order valence-electron chi connectivity index (χ4n) is 2.60. The van der Waals surface area contributed by atoms with Gasteiger partial charge in [0, 0.05) is 17.3 Å². The van der Waals surface area contributed by atoms with Crippen molar-refractivity contribution >= 4 is 5.78 Å². The summed E-state index contributed by atoms with van der Waals surface area (Å²) >= 11 is 0. The second-order valence-corrected chi connectivity index (χ2v) is 5.91. The van der Waals surface area contributed by atoms with Crippen molar-refractivity contribution in [3.63, 3.8) is 0 Å². The fourth-order valence-corrected chi connectivity index (χ4v) is 2.60. The molecule has 7 heteroatoms. The summed E-state index contributed by atoms with van der Waals surface area (Å²) in [6.45, 7) is 1.76. The van der Waals surface area contributed by atoms with E-state index in [1.807, 2.05) is 0 Å². The molecule has 27 heavy (non-hydrogen) atoms. The van der Waals surface area contributed by atoms with Crippen LogP contribution in [-0.2, 0) is 6.18 Å². The second-order valence-electron chi connectivity index (χ2n) is 5.91. The minimum atomic E-state index is -4.57. The van der Waals surface area contributed by atoms with E-state index in [2.05, 4.69) is 4.98 Å². The van der Waals surface area contributed by atoms with Gasteiger partial charge in [0.25, 0.3) is 0 Å². The summed E-state index contributed by atoms with van der Waals surface area (Å²) in [7, 11) is 0. The molecule has 0 radical (unpaired) electrons. The van der Waals surface area contributed by atoms with Crippen LogP contribution in [0.5, 0.6) is 0 Å². The number of alkyl halides is 3. The van der Waals surface area contributed by atoms with E-state index in [1.54, 1.807) is 19.1 Å². The van der Waals surface area contributed by atoms with Crippen molar-refractivity contribution in [2.45, 2.75) is 13.1 Å². The van der Waals surface area contributed by atoms with Crippen LogP contribution in [0.1, 0.15) is 27.0 Å². The van der Waals surface area contributed by atoms with Gasteiger partial charge in [-0.25, -0.2) is 8.78 Å². The summed E-state index contributed by atoms with van der Waals surface area (Å²) in [4.78, 5) is 16.5. The van der Waals surface area contributed by atoms with Crippen LogP contribution in [0, 0.1) is 18.6 Å². The highest BCUT2D eigenvalue weighted by atomic mass is 19.4. The molecule has 0 unspecified atom stereocenters. The van der Waals surface area contributed by atoms with Crippen LogP contribution in [0.15, 0.2) is 54.7 Å². The van der Waals surface area contributed by atoms with Crippen molar-refractivity contribution in [1.29, 1.82) is 0 Å². The van der Waals surface area contributed by atoms with Crippen LogP contribution in [0.2, 0.25) is 0 Å². The van der Waals surface area contributed by atoms with Gasteiger partial charge in [0.05, 0.1) is 16.8 Å². The first-order valence-electron chi connectivity index (χ1n) is 7.81. The maximum atomic E-state index is 14.9. The number of hydrogen-bond donors (Lipinski definition) is 0. The molecule has 0 amide bonds. The second kappa shape index (κ2) is 6.90. The molecule has 0 saturated heterocycles. The molecule has 0 atom stereocenters. The zero-order valence-electron chi connectivity index (χ0n) is 13.9. The number of ketones is 1. The molecule has 0 fully saturated rings. The Labute approximate surface area is 151 Å². The SMILES string of the molecule is Cc1ccnc(-c2ccc(F)c(C(=O)c3ccc(C(F)(F)F)cc3)c2F)c1. The van der Waals surface area contributed by atoms with Gasteiger partial charge in [0.1, 0.15) is 11.6 Å². The summed E-state index contributed by atoms with van der Waals surface area (Å²) in [5.41, 5.74) is -1.12. The Morgan fingerprint density at radius 2 is 1.63 bits per heavy atom. The van der Waals surface area contributed by atoms with E-state index in [0.29, 0.717) is 12.1 Å². The lowest BCUT2D eigenvalue weighted by atomic mass is 9.97. The lowest BCUT2D eigenvalue weighted by Gasteiger charge is -2.10. The van der Waals surface area contributed by atoms with Gasteiger partial charge in [-0.15, -0.1) is 0 Å². The molecule has 1 heterocycles. The Morgan fingerprint density at radius 3 is 2.22 bits per heavy atom. The first-order chi connectivity index (χ1) is 12.7. The number of nitrogens with zero attached hydrogens (tertiary/aromatic N) is 1. The third kappa shape index (κ3) is 3.72. The lowest BCUT2D eigenvalue weighted by molar-refractivity contribution is -0.137. The number of hydrogen-bond acceptors (Lipinski definition) is 2. The highest BCUT2D eigenvalue weighted by Gasteiger charge is 2.30. The molecule has 3 aromatic rings. The largest absolute Gasteiger partial charge is 0.416 e. The minimum absolute atomic E-state index is 0.0737. The van der Waals surface area contributed by atoms with Crippen molar-refractivity contribution < 1.29 is 26.7 Å². The van der Waals surface area contributed by atoms with Crippen molar-refractivity contribution in [2.24, 2.45) is 0 Å². The Hall–Kier alpha value is -3.09. The van der Waals surface area contributed by atoms with Gasteiger partial charge < -0.3 is 0 Å². The van der Waals surface area contributed by atoms with Gasteiger partial charge in [-0.1, -0.05) is 12.1 Å². The topological polar surface area (TPSA) is 30.0 Å². The minimum Gasteiger partial charge on any atom is -0.288 e. The number of aromatic nitrogens is 1.